The number of nitrogens with zero attached hydrogens (tertiary/aromatic N) is 5. The Morgan fingerprint density at radius 1 is 1.40 bits per heavy atom. The number of carbonyl (C=O) groups excluding carboxylic acids is 1. The first kappa shape index (κ1) is 14.5. The van der Waals surface area contributed by atoms with E-state index in [1.165, 1.54) is 9.58 Å². The monoisotopic (exact) mass is 293 g/mol. The first-order valence-corrected chi connectivity index (χ1v) is 6.70. The van der Waals surface area contributed by atoms with Crippen molar-refractivity contribution in [1.82, 2.24) is 24.6 Å². The molecule has 2 heterocycles. The highest BCUT2D eigenvalue weighted by Gasteiger charge is 2.13. The van der Waals surface area contributed by atoms with E-state index >= 15 is 0 Å². The lowest BCUT2D eigenvalue weighted by Gasteiger charge is -2.07. The van der Waals surface area contributed by atoms with Gasteiger partial charge in [0.15, 0.2) is 11.5 Å². The summed E-state index contributed by atoms with van der Waals surface area (Å²) in [5.74, 6) is 1.08. The fourth-order valence-corrected chi connectivity index (χ4v) is 1.89. The Balaban J connectivity index is 2.34. The first-order chi connectivity index (χ1) is 9.51. The molecule has 0 atom stereocenters. The number of halogens is 1. The van der Waals surface area contributed by atoms with E-state index < -0.39 is 0 Å². The molecule has 2 aromatic rings. The number of carbonyl (C=O) groups is 1. The van der Waals surface area contributed by atoms with Gasteiger partial charge in [0.1, 0.15) is 11.0 Å². The third-order valence-corrected chi connectivity index (χ3v) is 2.84. The van der Waals surface area contributed by atoms with Crippen LogP contribution in [0.25, 0.3) is 5.82 Å². The third-order valence-electron chi connectivity index (χ3n) is 2.65. The topological polar surface area (TPSA) is 63.9 Å². The van der Waals surface area contributed by atoms with Crippen molar-refractivity contribution in [3.63, 3.8) is 0 Å². The van der Waals surface area contributed by atoms with Crippen LogP contribution in [0.15, 0.2) is 18.3 Å². The summed E-state index contributed by atoms with van der Waals surface area (Å²) in [6, 6.07) is 3.27. The molecule has 0 aromatic carbocycles. The standard InChI is InChI=1S/C13H16ClN5O/c1-4-5-11-15-10(14)8-12(16-11)19-7-6-9(17-19)13(20)18(2)3/h6-8H,4-5H2,1-3H3. The maximum absolute atomic E-state index is 11.8. The molecule has 0 spiro atoms. The van der Waals surface area contributed by atoms with Crippen molar-refractivity contribution in [2.75, 3.05) is 14.1 Å². The Kier molecular flexibility index (Phi) is 4.34. The minimum Gasteiger partial charge on any atom is -0.343 e. The van der Waals surface area contributed by atoms with Gasteiger partial charge in [-0.1, -0.05) is 18.5 Å². The molecule has 0 radical (unpaired) electrons. The molecule has 1 amide bonds. The van der Waals surface area contributed by atoms with Crippen molar-refractivity contribution < 1.29 is 4.79 Å². The Bertz CT molecular complexity index is 623. The quantitative estimate of drug-likeness (QED) is 0.809. The van der Waals surface area contributed by atoms with Crippen molar-refractivity contribution in [1.29, 1.82) is 0 Å². The van der Waals surface area contributed by atoms with Gasteiger partial charge in [0.2, 0.25) is 0 Å². The zero-order valence-corrected chi connectivity index (χ0v) is 12.4. The summed E-state index contributed by atoms with van der Waals surface area (Å²) in [5, 5.41) is 4.59. The molecular weight excluding hydrogens is 278 g/mol. The van der Waals surface area contributed by atoms with Gasteiger partial charge in [-0.25, -0.2) is 14.6 Å². The van der Waals surface area contributed by atoms with E-state index in [9.17, 15) is 4.79 Å². The minimum absolute atomic E-state index is 0.155. The summed E-state index contributed by atoms with van der Waals surface area (Å²) in [7, 11) is 3.37. The van der Waals surface area contributed by atoms with Crippen LogP contribution < -0.4 is 0 Å². The molecule has 2 rings (SSSR count). The second-order valence-corrected chi connectivity index (χ2v) is 4.95. The Hall–Kier alpha value is -1.95. The smallest absolute Gasteiger partial charge is 0.273 e. The molecule has 0 N–H and O–H groups in total. The van der Waals surface area contributed by atoms with Crippen molar-refractivity contribution in [3.05, 3.63) is 35.0 Å². The lowest BCUT2D eigenvalue weighted by molar-refractivity contribution is 0.0821. The summed E-state index contributed by atoms with van der Waals surface area (Å²) in [6.45, 7) is 2.05. The van der Waals surface area contributed by atoms with Crippen LogP contribution in [0.4, 0.5) is 0 Å². The number of aryl methyl sites for hydroxylation is 1. The highest BCUT2D eigenvalue weighted by molar-refractivity contribution is 6.29. The van der Waals surface area contributed by atoms with E-state index in [0.29, 0.717) is 22.5 Å². The highest BCUT2D eigenvalue weighted by Crippen LogP contribution is 2.13. The van der Waals surface area contributed by atoms with Crippen molar-refractivity contribution in [2.24, 2.45) is 0 Å². The number of rotatable bonds is 4. The van der Waals surface area contributed by atoms with Gasteiger partial charge >= 0.3 is 0 Å². The molecule has 0 bridgehead atoms. The predicted octanol–water partition coefficient (Wildman–Crippen LogP) is 1.97. The molecule has 0 aliphatic heterocycles. The molecule has 106 valence electrons. The number of hydrogen-bond donors (Lipinski definition) is 0. The van der Waals surface area contributed by atoms with Crippen LogP contribution in [-0.4, -0.2) is 44.7 Å². The van der Waals surface area contributed by atoms with Crippen LogP contribution in [0.2, 0.25) is 5.15 Å². The first-order valence-electron chi connectivity index (χ1n) is 6.32. The molecule has 0 aliphatic rings. The Morgan fingerprint density at radius 3 is 2.80 bits per heavy atom. The normalized spacial score (nSPS) is 10.6. The summed E-state index contributed by atoms with van der Waals surface area (Å²) in [5.41, 5.74) is 0.363. The zero-order valence-electron chi connectivity index (χ0n) is 11.7. The van der Waals surface area contributed by atoms with Crippen LogP contribution in [0.3, 0.4) is 0 Å². The van der Waals surface area contributed by atoms with Crippen LogP contribution in [0.5, 0.6) is 0 Å². The maximum atomic E-state index is 11.8. The Labute approximate surface area is 122 Å². The second kappa shape index (κ2) is 6.00. The molecule has 6 nitrogen and oxygen atoms in total. The van der Waals surface area contributed by atoms with Crippen LogP contribution in [0, 0.1) is 0 Å². The van der Waals surface area contributed by atoms with Gasteiger partial charge in [0, 0.05) is 32.8 Å². The highest BCUT2D eigenvalue weighted by atomic mass is 35.5. The van der Waals surface area contributed by atoms with E-state index in [4.69, 9.17) is 11.6 Å². The maximum Gasteiger partial charge on any atom is 0.273 e. The van der Waals surface area contributed by atoms with Crippen LogP contribution >= 0.6 is 11.6 Å². The average Bonchev–Trinajstić information content (AvgIpc) is 2.87. The van der Waals surface area contributed by atoms with Gasteiger partial charge in [-0.3, -0.25) is 4.79 Å². The summed E-state index contributed by atoms with van der Waals surface area (Å²) >= 11 is 5.99. The number of hydrogen-bond acceptors (Lipinski definition) is 4. The van der Waals surface area contributed by atoms with Gasteiger partial charge in [0.25, 0.3) is 5.91 Å². The van der Waals surface area contributed by atoms with Gasteiger partial charge in [-0.15, -0.1) is 0 Å². The minimum atomic E-state index is -0.155. The molecule has 7 heteroatoms. The van der Waals surface area contributed by atoms with E-state index in [-0.39, 0.29) is 5.91 Å². The van der Waals surface area contributed by atoms with Crippen molar-refractivity contribution in [2.45, 2.75) is 19.8 Å². The van der Waals surface area contributed by atoms with Crippen LogP contribution in [-0.2, 0) is 6.42 Å². The lowest BCUT2D eigenvalue weighted by atomic mass is 10.3. The average molecular weight is 294 g/mol. The van der Waals surface area contributed by atoms with E-state index in [1.54, 1.807) is 32.4 Å². The summed E-state index contributed by atoms with van der Waals surface area (Å²) < 4.78 is 1.53. The van der Waals surface area contributed by atoms with Gasteiger partial charge < -0.3 is 4.90 Å². The summed E-state index contributed by atoms with van der Waals surface area (Å²) in [4.78, 5) is 21.8. The summed E-state index contributed by atoms with van der Waals surface area (Å²) in [6.07, 6.45) is 3.37. The predicted molar refractivity (Wildman–Crippen MR) is 76.2 cm³/mol. The molecule has 0 aliphatic carbocycles. The van der Waals surface area contributed by atoms with E-state index in [0.717, 1.165) is 12.8 Å². The lowest BCUT2D eigenvalue weighted by Crippen LogP contribution is -2.22. The SMILES string of the molecule is CCCc1nc(Cl)cc(-n2ccc(C(=O)N(C)C)n2)n1. The third kappa shape index (κ3) is 3.14. The second-order valence-electron chi connectivity index (χ2n) is 4.56. The number of aromatic nitrogens is 4. The molecule has 0 fully saturated rings. The van der Waals surface area contributed by atoms with Gasteiger partial charge in [-0.05, 0) is 12.5 Å². The molecule has 2 aromatic heterocycles. The molecule has 0 saturated heterocycles. The molecule has 20 heavy (non-hydrogen) atoms. The molecule has 0 unspecified atom stereocenters. The zero-order chi connectivity index (χ0) is 14.7. The largest absolute Gasteiger partial charge is 0.343 e. The van der Waals surface area contributed by atoms with E-state index in [2.05, 4.69) is 15.1 Å². The molecular formula is C13H16ClN5O. The molecule has 0 saturated carbocycles. The Morgan fingerprint density at radius 2 is 2.15 bits per heavy atom. The van der Waals surface area contributed by atoms with E-state index in [1.807, 2.05) is 6.92 Å². The van der Waals surface area contributed by atoms with Crippen LogP contribution in [0.1, 0.15) is 29.7 Å². The fourth-order valence-electron chi connectivity index (χ4n) is 1.70. The van der Waals surface area contributed by atoms with Crippen molar-refractivity contribution in [3.8, 4) is 5.82 Å². The van der Waals surface area contributed by atoms with Gasteiger partial charge in [0.05, 0.1) is 0 Å². The fraction of sp³-hybridized carbons (Fsp3) is 0.385. The van der Waals surface area contributed by atoms with Gasteiger partial charge in [-0.2, -0.15) is 5.10 Å². The van der Waals surface area contributed by atoms with Crippen molar-refractivity contribution >= 4 is 17.5 Å². The number of amides is 1.